The fraction of sp³-hybridized carbons (Fsp3) is 0.241. The zero-order valence-corrected chi connectivity index (χ0v) is 20.0. The Bertz CT molecular complexity index is 1040. The normalized spacial score (nSPS) is 16.6. The lowest BCUT2D eigenvalue weighted by molar-refractivity contribution is -0.153. The molecule has 0 bridgehead atoms. The molecular weight excluding hydrogens is 411 g/mol. The van der Waals surface area contributed by atoms with Crippen LogP contribution in [0.25, 0.3) is 0 Å². The predicted octanol–water partition coefficient (Wildman–Crippen LogP) is 5.32. The molecule has 1 unspecified atom stereocenters. The average Bonchev–Trinajstić information content (AvgIpc) is 2.86. The summed E-state index contributed by atoms with van der Waals surface area (Å²) in [5.74, 6) is 0.00811. The number of esters is 1. The van der Waals surface area contributed by atoms with E-state index in [2.05, 4.69) is 103 Å². The van der Waals surface area contributed by atoms with Gasteiger partial charge in [-0.15, -0.1) is 0 Å². The van der Waals surface area contributed by atoms with Gasteiger partial charge in [-0.3, -0.25) is 4.79 Å². The summed E-state index contributed by atoms with van der Waals surface area (Å²) < 4.78 is 5.10. The number of carbonyl (C=O) groups excluding carboxylic acids is 1. The standard InChI is InChI=1S/C29H31O2P/c1-29(2,28(30)31-3)23-19-21-27(22-20-23)32(24-13-7-4-8-14-24,25-15-9-5-10-16-25)26-17-11-6-12-18-26/h4-19,21,23H,20,22H2,1-3H3. The maximum absolute atomic E-state index is 12.4. The summed E-state index contributed by atoms with van der Waals surface area (Å²) in [5, 5.41) is 5.55. The molecule has 0 aromatic heterocycles. The topological polar surface area (TPSA) is 26.3 Å². The first-order valence-corrected chi connectivity index (χ1v) is 13.0. The monoisotopic (exact) mass is 442 g/mol. The number of allylic oxidation sites excluding steroid dienone is 2. The van der Waals surface area contributed by atoms with Crippen LogP contribution in [0.5, 0.6) is 0 Å². The molecule has 0 heterocycles. The summed E-state index contributed by atoms with van der Waals surface area (Å²) in [4.78, 5) is 12.4. The van der Waals surface area contributed by atoms with Crippen LogP contribution in [0.4, 0.5) is 0 Å². The van der Waals surface area contributed by atoms with Crippen LogP contribution in [-0.4, -0.2) is 18.4 Å². The second-order valence-corrected chi connectivity index (χ2v) is 12.4. The molecule has 3 aromatic rings. The van der Waals surface area contributed by atoms with Gasteiger partial charge in [0.25, 0.3) is 0 Å². The molecule has 0 aliphatic heterocycles. The van der Waals surface area contributed by atoms with Crippen molar-refractivity contribution < 1.29 is 9.53 Å². The van der Waals surface area contributed by atoms with Gasteiger partial charge in [-0.2, -0.15) is 0 Å². The van der Waals surface area contributed by atoms with E-state index in [0.717, 1.165) is 12.8 Å². The molecule has 0 N–H and O–H groups in total. The maximum Gasteiger partial charge on any atom is 0.311 e. The third-order valence-corrected chi connectivity index (χ3v) is 11.2. The number of ether oxygens (including phenoxy) is 1. The van der Waals surface area contributed by atoms with E-state index in [0.29, 0.717) is 0 Å². The molecule has 3 heteroatoms. The molecule has 4 rings (SSSR count). The largest absolute Gasteiger partial charge is 0.469 e. The maximum atomic E-state index is 12.4. The Hall–Kier alpha value is -2.83. The summed E-state index contributed by atoms with van der Waals surface area (Å²) in [5.41, 5.74) is -0.538. The Labute approximate surface area is 191 Å². The summed E-state index contributed by atoms with van der Waals surface area (Å²) in [6.07, 6.45) is 6.45. The van der Waals surface area contributed by atoms with Crippen LogP contribution in [0.15, 0.2) is 103 Å². The molecule has 0 fully saturated rings. The summed E-state index contributed by atoms with van der Waals surface area (Å²) >= 11 is 0. The molecule has 0 saturated carbocycles. The van der Waals surface area contributed by atoms with E-state index in [1.54, 1.807) is 0 Å². The fourth-order valence-electron chi connectivity index (χ4n) is 4.90. The number of benzene rings is 3. The summed E-state index contributed by atoms with van der Waals surface area (Å²) in [7, 11) is 1.48. The first kappa shape index (κ1) is 22.4. The minimum Gasteiger partial charge on any atom is -0.469 e. The molecule has 32 heavy (non-hydrogen) atoms. The van der Waals surface area contributed by atoms with Gasteiger partial charge in [0.1, 0.15) is 0 Å². The van der Waals surface area contributed by atoms with Crippen LogP contribution in [0.2, 0.25) is 0 Å². The SMILES string of the molecule is COC(=O)C(C)(C)C1C=CC(=P(c2ccccc2)(c2ccccc2)c2ccccc2)CC1. The van der Waals surface area contributed by atoms with Gasteiger partial charge < -0.3 is 4.74 Å². The summed E-state index contributed by atoms with van der Waals surface area (Å²) in [6, 6.07) is 32.8. The zero-order valence-electron chi connectivity index (χ0n) is 19.1. The minimum absolute atomic E-state index is 0.147. The Morgan fingerprint density at radius 2 is 1.25 bits per heavy atom. The van der Waals surface area contributed by atoms with Crippen LogP contribution < -0.4 is 15.9 Å². The predicted molar refractivity (Wildman–Crippen MR) is 138 cm³/mol. The molecule has 0 spiro atoms. The summed E-state index contributed by atoms with van der Waals surface area (Å²) in [6.45, 7) is 1.96. The molecule has 0 saturated heterocycles. The fourth-order valence-corrected chi connectivity index (χ4v) is 9.43. The molecule has 3 aromatic carbocycles. The molecule has 1 aliphatic rings. The van der Waals surface area contributed by atoms with Gasteiger partial charge in [-0.1, -0.05) is 103 Å². The van der Waals surface area contributed by atoms with Gasteiger partial charge in [-0.25, -0.2) is 0 Å². The van der Waals surface area contributed by atoms with E-state index >= 15 is 0 Å². The van der Waals surface area contributed by atoms with Gasteiger partial charge in [0.15, 0.2) is 0 Å². The van der Waals surface area contributed by atoms with Crippen molar-refractivity contribution in [1.29, 1.82) is 0 Å². The van der Waals surface area contributed by atoms with Crippen molar-refractivity contribution in [3.8, 4) is 0 Å². The lowest BCUT2D eigenvalue weighted by Crippen LogP contribution is -2.36. The highest BCUT2D eigenvalue weighted by molar-refractivity contribution is 7.95. The molecule has 164 valence electrons. The number of rotatable bonds is 5. The first-order chi connectivity index (χ1) is 15.5. The van der Waals surface area contributed by atoms with Gasteiger partial charge in [0.2, 0.25) is 0 Å². The van der Waals surface area contributed by atoms with Crippen LogP contribution in [0.1, 0.15) is 26.7 Å². The second kappa shape index (κ2) is 9.35. The van der Waals surface area contributed by atoms with E-state index in [9.17, 15) is 4.79 Å². The Morgan fingerprint density at radius 3 is 1.59 bits per heavy atom. The number of hydrogen-bond donors (Lipinski definition) is 0. The van der Waals surface area contributed by atoms with Gasteiger partial charge in [0, 0.05) is 0 Å². The lowest BCUT2D eigenvalue weighted by Gasteiger charge is -2.36. The quantitative estimate of drug-likeness (QED) is 0.395. The Kier molecular flexibility index (Phi) is 6.53. The Morgan fingerprint density at radius 1 is 0.812 bits per heavy atom. The van der Waals surface area contributed by atoms with Crippen LogP contribution in [-0.2, 0) is 9.53 Å². The lowest BCUT2D eigenvalue weighted by atomic mass is 9.74. The van der Waals surface area contributed by atoms with Crippen molar-refractivity contribution >= 4 is 34.1 Å². The van der Waals surface area contributed by atoms with E-state index in [1.165, 1.54) is 28.3 Å². The van der Waals surface area contributed by atoms with E-state index in [1.807, 2.05) is 13.8 Å². The van der Waals surface area contributed by atoms with Crippen molar-refractivity contribution in [2.75, 3.05) is 7.11 Å². The molecule has 1 atom stereocenters. The van der Waals surface area contributed by atoms with Crippen LogP contribution in [0.3, 0.4) is 0 Å². The number of methoxy groups -OCH3 is 1. The van der Waals surface area contributed by atoms with Gasteiger partial charge in [-0.05, 0) is 60.7 Å². The molecule has 0 radical (unpaired) electrons. The molecule has 0 amide bonds. The smallest absolute Gasteiger partial charge is 0.311 e. The van der Waals surface area contributed by atoms with Crippen molar-refractivity contribution in [3.05, 3.63) is 103 Å². The third-order valence-electron chi connectivity index (χ3n) is 6.73. The Balaban J connectivity index is 2.00. The van der Waals surface area contributed by atoms with E-state index in [-0.39, 0.29) is 11.9 Å². The molecule has 2 nitrogen and oxygen atoms in total. The number of carbonyl (C=O) groups is 1. The number of hydrogen-bond acceptors (Lipinski definition) is 2. The first-order valence-electron chi connectivity index (χ1n) is 11.2. The zero-order chi connectivity index (χ0) is 22.6. The van der Waals surface area contributed by atoms with Gasteiger partial charge >= 0.3 is 5.97 Å². The van der Waals surface area contributed by atoms with Crippen molar-refractivity contribution in [2.45, 2.75) is 26.7 Å². The molecule has 1 aliphatic carbocycles. The van der Waals surface area contributed by atoms with E-state index in [4.69, 9.17) is 4.74 Å². The van der Waals surface area contributed by atoms with Crippen molar-refractivity contribution in [3.63, 3.8) is 0 Å². The van der Waals surface area contributed by atoms with Gasteiger partial charge in [0.05, 0.1) is 12.5 Å². The van der Waals surface area contributed by atoms with Crippen molar-refractivity contribution in [2.24, 2.45) is 11.3 Å². The van der Waals surface area contributed by atoms with Crippen LogP contribution in [0, 0.1) is 11.3 Å². The second-order valence-electron chi connectivity index (χ2n) is 8.89. The minimum atomic E-state index is -2.02. The third kappa shape index (κ3) is 3.89. The van der Waals surface area contributed by atoms with Crippen molar-refractivity contribution in [1.82, 2.24) is 0 Å². The highest BCUT2D eigenvalue weighted by atomic mass is 31.2. The van der Waals surface area contributed by atoms with Crippen LogP contribution >= 0.6 is 6.89 Å². The highest BCUT2D eigenvalue weighted by Gasteiger charge is 2.38. The molecular formula is C29H31O2P. The van der Waals surface area contributed by atoms with E-state index < -0.39 is 12.3 Å². The highest BCUT2D eigenvalue weighted by Crippen LogP contribution is 2.49. The average molecular weight is 443 g/mol.